The number of rotatable bonds is 5. The molecule has 0 radical (unpaired) electrons. The van der Waals surface area contributed by atoms with E-state index in [2.05, 4.69) is 46.4 Å². The maximum Gasteiger partial charge on any atom is 0.337 e. The van der Waals surface area contributed by atoms with Gasteiger partial charge < -0.3 is 15.3 Å². The second kappa shape index (κ2) is 7.62. The van der Waals surface area contributed by atoms with Crippen molar-refractivity contribution < 1.29 is 29.7 Å². The lowest BCUT2D eigenvalue weighted by atomic mass is 9.62. The third kappa shape index (κ3) is 3.81. The van der Waals surface area contributed by atoms with Crippen molar-refractivity contribution in [2.24, 2.45) is 0 Å². The molecule has 0 heterocycles. The molecule has 0 bridgehead atoms. The molecule has 1 aliphatic carbocycles. The van der Waals surface area contributed by atoms with Gasteiger partial charge in [-0.1, -0.05) is 46.4 Å². The van der Waals surface area contributed by atoms with Crippen molar-refractivity contribution >= 4 is 23.5 Å². The molecule has 0 saturated carbocycles. The number of carboxylic acid groups (broad SMARTS) is 3. The Labute approximate surface area is 187 Å². The summed E-state index contributed by atoms with van der Waals surface area (Å²) in [5, 5.41) is 28.5. The summed E-state index contributed by atoms with van der Waals surface area (Å²) in [5.41, 5.74) is 2.96. The van der Waals surface area contributed by atoms with Crippen molar-refractivity contribution in [2.75, 3.05) is 0 Å². The Morgan fingerprint density at radius 1 is 0.750 bits per heavy atom. The molecule has 0 unspecified atom stereocenters. The quantitative estimate of drug-likeness (QED) is 0.571. The molecule has 6 heteroatoms. The van der Waals surface area contributed by atoms with E-state index in [0.29, 0.717) is 5.57 Å². The fraction of sp³-hybridized carbons (Fsp3) is 0.346. The van der Waals surface area contributed by atoms with E-state index in [1.165, 1.54) is 23.3 Å². The van der Waals surface area contributed by atoms with Crippen LogP contribution in [-0.2, 0) is 10.8 Å². The largest absolute Gasteiger partial charge is 0.478 e. The highest BCUT2D eigenvalue weighted by molar-refractivity contribution is 6.10. The van der Waals surface area contributed by atoms with Gasteiger partial charge in [0.15, 0.2) is 0 Å². The van der Waals surface area contributed by atoms with Crippen LogP contribution in [0.15, 0.2) is 30.8 Å². The number of fused-ring (bicyclic) bond motifs is 1. The zero-order chi connectivity index (χ0) is 24.2. The van der Waals surface area contributed by atoms with Crippen LogP contribution in [0.4, 0.5) is 0 Å². The molecule has 3 rings (SSSR count). The van der Waals surface area contributed by atoms with Gasteiger partial charge in [-0.15, -0.1) is 0 Å². The lowest BCUT2D eigenvalue weighted by Crippen LogP contribution is -2.34. The van der Waals surface area contributed by atoms with Crippen molar-refractivity contribution in [3.05, 3.63) is 75.4 Å². The second-order valence-electron chi connectivity index (χ2n) is 9.82. The molecular weight excluding hydrogens is 408 g/mol. The van der Waals surface area contributed by atoms with Crippen LogP contribution in [0.5, 0.6) is 0 Å². The summed E-state index contributed by atoms with van der Waals surface area (Å²) in [5.74, 6) is -4.62. The summed E-state index contributed by atoms with van der Waals surface area (Å²) in [6.45, 7) is 14.9. The molecule has 0 aromatic heterocycles. The van der Waals surface area contributed by atoms with Crippen molar-refractivity contribution in [1.29, 1.82) is 0 Å². The fourth-order valence-electron chi connectivity index (χ4n) is 4.59. The molecule has 0 aliphatic heterocycles. The van der Waals surface area contributed by atoms with E-state index in [9.17, 15) is 29.7 Å². The van der Waals surface area contributed by atoms with Gasteiger partial charge >= 0.3 is 17.9 Å². The smallest absolute Gasteiger partial charge is 0.337 e. The number of carboxylic acids is 3. The Morgan fingerprint density at radius 3 is 1.59 bits per heavy atom. The van der Waals surface area contributed by atoms with Crippen LogP contribution >= 0.6 is 0 Å². The molecule has 0 saturated heterocycles. The average molecular weight is 437 g/mol. The van der Waals surface area contributed by atoms with Gasteiger partial charge in [-0.3, -0.25) is 0 Å². The molecule has 2 aromatic rings. The Bertz CT molecular complexity index is 1150. The Morgan fingerprint density at radius 2 is 1.19 bits per heavy atom. The minimum atomic E-state index is -1.61. The number of aryl methyl sites for hydroxylation is 1. The van der Waals surface area contributed by atoms with Gasteiger partial charge in [-0.25, -0.2) is 14.4 Å². The number of carbonyl (C=O) groups is 3. The van der Waals surface area contributed by atoms with Crippen LogP contribution in [0, 0.1) is 6.92 Å². The maximum atomic E-state index is 11.7. The number of hydrogen-bond donors (Lipinski definition) is 3. The highest BCUT2D eigenvalue weighted by atomic mass is 16.4. The minimum Gasteiger partial charge on any atom is -0.478 e. The van der Waals surface area contributed by atoms with Crippen LogP contribution < -0.4 is 0 Å². The summed E-state index contributed by atoms with van der Waals surface area (Å²) in [6, 6.07) is 6.58. The zero-order valence-electron chi connectivity index (χ0n) is 19.0. The first-order valence-corrected chi connectivity index (χ1v) is 10.4. The van der Waals surface area contributed by atoms with Gasteiger partial charge in [0.2, 0.25) is 0 Å². The molecule has 0 amide bonds. The summed E-state index contributed by atoms with van der Waals surface area (Å²) in [7, 11) is 0. The van der Waals surface area contributed by atoms with E-state index in [4.69, 9.17) is 0 Å². The first-order chi connectivity index (χ1) is 14.7. The maximum absolute atomic E-state index is 11.7. The van der Waals surface area contributed by atoms with Gasteiger partial charge in [0.25, 0.3) is 0 Å². The molecule has 2 aromatic carbocycles. The Balaban J connectivity index is 2.26. The van der Waals surface area contributed by atoms with Crippen LogP contribution in [0.2, 0.25) is 0 Å². The highest BCUT2D eigenvalue weighted by Crippen LogP contribution is 2.47. The number of benzene rings is 2. The van der Waals surface area contributed by atoms with Crippen molar-refractivity contribution in [3.8, 4) is 0 Å². The fourth-order valence-corrected chi connectivity index (χ4v) is 4.59. The molecule has 0 spiro atoms. The average Bonchev–Trinajstić information content (AvgIpc) is 2.69. The van der Waals surface area contributed by atoms with Crippen LogP contribution in [-0.4, -0.2) is 33.2 Å². The molecule has 6 nitrogen and oxygen atoms in total. The molecule has 32 heavy (non-hydrogen) atoms. The molecule has 3 N–H and O–H groups in total. The lowest BCUT2D eigenvalue weighted by Gasteiger charge is -2.42. The summed E-state index contributed by atoms with van der Waals surface area (Å²) in [4.78, 5) is 35.1. The van der Waals surface area contributed by atoms with E-state index in [0.717, 1.165) is 24.0 Å². The third-order valence-corrected chi connectivity index (χ3v) is 6.68. The van der Waals surface area contributed by atoms with E-state index in [1.54, 1.807) is 0 Å². The van der Waals surface area contributed by atoms with Gasteiger partial charge in [-0.2, -0.15) is 0 Å². The predicted molar refractivity (Wildman–Crippen MR) is 122 cm³/mol. The minimum absolute atomic E-state index is 0.0194. The first kappa shape index (κ1) is 23.3. The molecule has 0 fully saturated rings. The van der Waals surface area contributed by atoms with Gasteiger partial charge in [-0.05, 0) is 76.1 Å². The first-order valence-electron chi connectivity index (χ1n) is 10.4. The second-order valence-corrected chi connectivity index (χ2v) is 9.82. The van der Waals surface area contributed by atoms with E-state index in [1.807, 2.05) is 6.92 Å². The van der Waals surface area contributed by atoms with Crippen molar-refractivity contribution in [2.45, 2.75) is 58.3 Å². The standard InChI is InChI=1S/C26H28O6/c1-13-9-19-20(26(5,6)8-7-25(19,3)4)12-16(13)14(2)15-10-17(22(27)28)21(24(31)32)18(11-15)23(29)30/h9-12H,2,7-8H2,1,3-6H3,(H,27,28)(H,29,30)(H,31,32). The Kier molecular flexibility index (Phi) is 5.54. The van der Waals surface area contributed by atoms with Crippen LogP contribution in [0.25, 0.3) is 5.57 Å². The number of hydrogen-bond acceptors (Lipinski definition) is 3. The van der Waals surface area contributed by atoms with Crippen molar-refractivity contribution in [3.63, 3.8) is 0 Å². The monoisotopic (exact) mass is 436 g/mol. The topological polar surface area (TPSA) is 112 Å². The van der Waals surface area contributed by atoms with Crippen LogP contribution in [0.3, 0.4) is 0 Å². The molecular formula is C26H28O6. The SMILES string of the molecule is C=C(c1cc(C(=O)O)c(C(=O)O)c(C(=O)O)c1)c1cc2c(cc1C)C(C)(C)CCC2(C)C. The molecule has 168 valence electrons. The summed E-state index contributed by atoms with van der Waals surface area (Å²) >= 11 is 0. The van der Waals surface area contributed by atoms with Crippen LogP contribution in [0.1, 0.15) is 99.4 Å². The predicted octanol–water partition coefficient (Wildman–Crippen LogP) is 5.50. The Hall–Kier alpha value is -3.41. The van der Waals surface area contributed by atoms with E-state index < -0.39 is 34.6 Å². The normalized spacial score (nSPS) is 16.2. The summed E-state index contributed by atoms with van der Waals surface area (Å²) in [6.07, 6.45) is 2.08. The van der Waals surface area contributed by atoms with E-state index in [-0.39, 0.29) is 16.4 Å². The lowest BCUT2D eigenvalue weighted by molar-refractivity contribution is 0.0633. The molecule has 0 atom stereocenters. The molecule has 1 aliphatic rings. The van der Waals surface area contributed by atoms with E-state index >= 15 is 0 Å². The van der Waals surface area contributed by atoms with Gasteiger partial charge in [0.1, 0.15) is 0 Å². The zero-order valence-corrected chi connectivity index (χ0v) is 19.0. The highest BCUT2D eigenvalue weighted by Gasteiger charge is 2.37. The van der Waals surface area contributed by atoms with Crippen molar-refractivity contribution in [1.82, 2.24) is 0 Å². The van der Waals surface area contributed by atoms with Gasteiger partial charge in [0.05, 0.1) is 16.7 Å². The third-order valence-electron chi connectivity index (χ3n) is 6.68. The summed E-state index contributed by atoms with van der Waals surface area (Å²) < 4.78 is 0. The number of aromatic carboxylic acids is 3. The van der Waals surface area contributed by atoms with Gasteiger partial charge in [0, 0.05) is 0 Å².